The van der Waals surface area contributed by atoms with E-state index in [1.165, 1.54) is 57.8 Å². The summed E-state index contributed by atoms with van der Waals surface area (Å²) in [5.74, 6) is 5.55. The van der Waals surface area contributed by atoms with Gasteiger partial charge < -0.3 is 5.73 Å². The Kier molecular flexibility index (Phi) is 3.48. The van der Waals surface area contributed by atoms with E-state index in [2.05, 4.69) is 13.5 Å². The first-order valence-corrected chi connectivity index (χ1v) is 9.56. The number of allylic oxidation sites excluding steroid dienone is 1. The number of nitrogens with two attached hydrogens (primary N) is 1. The molecule has 6 unspecified atom stereocenters. The molecule has 0 aromatic rings. The number of hydrogen-bond donors (Lipinski definition) is 1. The maximum absolute atomic E-state index is 6.44. The van der Waals surface area contributed by atoms with Gasteiger partial charge in [0.25, 0.3) is 0 Å². The molecule has 4 aliphatic carbocycles. The summed E-state index contributed by atoms with van der Waals surface area (Å²) >= 11 is 0. The molecule has 118 valence electrons. The quantitative estimate of drug-likeness (QED) is 0.727. The lowest BCUT2D eigenvalue weighted by Crippen LogP contribution is -2.32. The Bertz CT molecular complexity index is 422. The summed E-state index contributed by atoms with van der Waals surface area (Å²) < 4.78 is 0. The highest BCUT2D eigenvalue weighted by Crippen LogP contribution is 2.74. The van der Waals surface area contributed by atoms with Crippen LogP contribution in [0.25, 0.3) is 0 Å². The molecule has 0 aromatic carbocycles. The van der Waals surface area contributed by atoms with E-state index in [9.17, 15) is 0 Å². The standard InChI is InChI=1S/C20H33N/c1-13-10-16-14(2)8-9-18-19(17(16)11-13)20(18,12-21)15-6-4-3-5-7-15/h13,15-19H,2-12,21H2,1H3. The predicted octanol–water partition coefficient (Wildman–Crippen LogP) is 4.77. The minimum absolute atomic E-state index is 0.550. The number of fused-ring (bicyclic) bond motifs is 3. The summed E-state index contributed by atoms with van der Waals surface area (Å²) in [6.45, 7) is 7.89. The van der Waals surface area contributed by atoms with Gasteiger partial charge in [0.15, 0.2) is 0 Å². The van der Waals surface area contributed by atoms with E-state index < -0.39 is 0 Å². The lowest BCUT2D eigenvalue weighted by molar-refractivity contribution is 0.177. The molecule has 2 N–H and O–H groups in total. The molecule has 0 heterocycles. The van der Waals surface area contributed by atoms with Crippen molar-refractivity contribution in [3.63, 3.8) is 0 Å². The molecule has 21 heavy (non-hydrogen) atoms. The molecule has 0 aromatic heterocycles. The Balaban J connectivity index is 1.62. The molecule has 4 saturated carbocycles. The van der Waals surface area contributed by atoms with Gasteiger partial charge >= 0.3 is 0 Å². The second kappa shape index (κ2) is 5.11. The molecule has 0 spiro atoms. The van der Waals surface area contributed by atoms with Gasteiger partial charge in [-0.25, -0.2) is 0 Å². The van der Waals surface area contributed by atoms with Crippen molar-refractivity contribution in [2.24, 2.45) is 46.7 Å². The molecule has 0 saturated heterocycles. The average Bonchev–Trinajstić information content (AvgIpc) is 3.05. The summed E-state index contributed by atoms with van der Waals surface area (Å²) in [6.07, 6.45) is 12.9. The topological polar surface area (TPSA) is 26.0 Å². The zero-order chi connectivity index (χ0) is 14.6. The SMILES string of the molecule is C=C1CCC2C(C3CC(C)CC13)C2(CN)C1CCCCC1. The Labute approximate surface area is 130 Å². The van der Waals surface area contributed by atoms with Crippen LogP contribution < -0.4 is 5.73 Å². The Morgan fingerprint density at radius 2 is 1.90 bits per heavy atom. The van der Waals surface area contributed by atoms with Crippen LogP contribution >= 0.6 is 0 Å². The first kappa shape index (κ1) is 14.3. The van der Waals surface area contributed by atoms with E-state index in [-0.39, 0.29) is 0 Å². The van der Waals surface area contributed by atoms with Gasteiger partial charge in [0.05, 0.1) is 0 Å². The first-order chi connectivity index (χ1) is 10.2. The Morgan fingerprint density at radius 1 is 1.14 bits per heavy atom. The van der Waals surface area contributed by atoms with Gasteiger partial charge in [0.1, 0.15) is 0 Å². The number of hydrogen-bond acceptors (Lipinski definition) is 1. The molecular formula is C20H33N. The van der Waals surface area contributed by atoms with E-state index in [1.54, 1.807) is 5.57 Å². The van der Waals surface area contributed by atoms with Crippen molar-refractivity contribution in [2.75, 3.05) is 6.54 Å². The molecule has 6 atom stereocenters. The van der Waals surface area contributed by atoms with Crippen molar-refractivity contribution in [1.29, 1.82) is 0 Å². The molecule has 4 fully saturated rings. The monoisotopic (exact) mass is 287 g/mol. The first-order valence-electron chi connectivity index (χ1n) is 9.56. The summed E-state index contributed by atoms with van der Waals surface area (Å²) in [4.78, 5) is 0. The van der Waals surface area contributed by atoms with Gasteiger partial charge in [0, 0.05) is 0 Å². The van der Waals surface area contributed by atoms with E-state index in [4.69, 9.17) is 5.73 Å². The average molecular weight is 287 g/mol. The molecule has 0 bridgehead atoms. The normalized spacial score (nSPS) is 50.4. The van der Waals surface area contributed by atoms with Crippen molar-refractivity contribution >= 4 is 0 Å². The van der Waals surface area contributed by atoms with E-state index >= 15 is 0 Å². The molecule has 1 nitrogen and oxygen atoms in total. The van der Waals surface area contributed by atoms with Crippen LogP contribution in [0, 0.1) is 40.9 Å². The molecular weight excluding hydrogens is 254 g/mol. The predicted molar refractivity (Wildman–Crippen MR) is 88.8 cm³/mol. The molecule has 0 aliphatic heterocycles. The smallest absolute Gasteiger partial charge is 0.00122 e. The highest BCUT2D eigenvalue weighted by molar-refractivity contribution is 5.23. The highest BCUT2D eigenvalue weighted by atomic mass is 14.8. The lowest BCUT2D eigenvalue weighted by atomic mass is 9.72. The largest absolute Gasteiger partial charge is 0.330 e. The molecule has 0 amide bonds. The summed E-state index contributed by atoms with van der Waals surface area (Å²) in [5.41, 5.74) is 8.58. The van der Waals surface area contributed by atoms with Crippen LogP contribution in [-0.2, 0) is 0 Å². The van der Waals surface area contributed by atoms with Crippen molar-refractivity contribution in [1.82, 2.24) is 0 Å². The van der Waals surface area contributed by atoms with Crippen molar-refractivity contribution in [3.05, 3.63) is 12.2 Å². The van der Waals surface area contributed by atoms with Crippen LogP contribution in [0.4, 0.5) is 0 Å². The van der Waals surface area contributed by atoms with Crippen molar-refractivity contribution in [2.45, 2.75) is 64.7 Å². The summed E-state index contributed by atoms with van der Waals surface area (Å²) in [6, 6.07) is 0. The van der Waals surface area contributed by atoms with Crippen LogP contribution in [0.1, 0.15) is 64.7 Å². The summed E-state index contributed by atoms with van der Waals surface area (Å²) in [5, 5.41) is 0. The third-order valence-electron chi connectivity index (χ3n) is 7.96. The van der Waals surface area contributed by atoms with Gasteiger partial charge in [-0.05, 0) is 86.0 Å². The van der Waals surface area contributed by atoms with E-state index in [0.717, 1.165) is 42.1 Å². The second-order valence-electron chi connectivity index (χ2n) is 8.83. The lowest BCUT2D eigenvalue weighted by Gasteiger charge is -2.34. The molecule has 4 aliphatic rings. The highest BCUT2D eigenvalue weighted by Gasteiger charge is 2.70. The molecule has 4 rings (SSSR count). The van der Waals surface area contributed by atoms with Crippen molar-refractivity contribution in [3.8, 4) is 0 Å². The van der Waals surface area contributed by atoms with Gasteiger partial charge in [-0.2, -0.15) is 0 Å². The maximum atomic E-state index is 6.44. The van der Waals surface area contributed by atoms with E-state index in [0.29, 0.717) is 5.41 Å². The fourth-order valence-corrected chi connectivity index (χ4v) is 7.11. The maximum Gasteiger partial charge on any atom is -0.00122 e. The molecule has 0 radical (unpaired) electrons. The van der Waals surface area contributed by atoms with Crippen LogP contribution in [-0.4, -0.2) is 6.54 Å². The summed E-state index contributed by atoms with van der Waals surface area (Å²) in [7, 11) is 0. The van der Waals surface area contributed by atoms with Gasteiger partial charge in [0.2, 0.25) is 0 Å². The third kappa shape index (κ3) is 1.99. The van der Waals surface area contributed by atoms with Gasteiger partial charge in [-0.1, -0.05) is 38.3 Å². The van der Waals surface area contributed by atoms with Crippen molar-refractivity contribution < 1.29 is 0 Å². The fraction of sp³-hybridized carbons (Fsp3) is 0.900. The van der Waals surface area contributed by atoms with Gasteiger partial charge in [-0.3, -0.25) is 0 Å². The fourth-order valence-electron chi connectivity index (χ4n) is 7.11. The molecule has 1 heteroatoms. The Hall–Kier alpha value is -0.300. The second-order valence-corrected chi connectivity index (χ2v) is 8.83. The number of rotatable bonds is 2. The van der Waals surface area contributed by atoms with Gasteiger partial charge in [-0.15, -0.1) is 0 Å². The van der Waals surface area contributed by atoms with Crippen LogP contribution in [0.2, 0.25) is 0 Å². The minimum atomic E-state index is 0.550. The van der Waals surface area contributed by atoms with Crippen LogP contribution in [0.3, 0.4) is 0 Å². The third-order valence-corrected chi connectivity index (χ3v) is 7.96. The minimum Gasteiger partial charge on any atom is -0.330 e. The zero-order valence-corrected chi connectivity index (χ0v) is 13.8. The zero-order valence-electron chi connectivity index (χ0n) is 13.8. The Morgan fingerprint density at radius 3 is 2.62 bits per heavy atom. The van der Waals surface area contributed by atoms with Crippen LogP contribution in [0.5, 0.6) is 0 Å². The van der Waals surface area contributed by atoms with E-state index in [1.807, 2.05) is 0 Å². The van der Waals surface area contributed by atoms with Crippen LogP contribution in [0.15, 0.2) is 12.2 Å².